The van der Waals surface area contributed by atoms with Crippen LogP contribution in [0.5, 0.6) is 0 Å². The number of alkyl halides is 6. The van der Waals surface area contributed by atoms with Crippen LogP contribution in [-0.2, 0) is 9.59 Å². The number of carbonyl (C=O) groups is 2. The van der Waals surface area contributed by atoms with Crippen molar-refractivity contribution in [3.63, 3.8) is 0 Å². The summed E-state index contributed by atoms with van der Waals surface area (Å²) in [6, 6.07) is -3.24. The predicted octanol–water partition coefficient (Wildman–Crippen LogP) is 0.576. The molecule has 14 heavy (non-hydrogen) atoms. The molecule has 2 N–H and O–H groups in total. The van der Waals surface area contributed by atoms with E-state index in [0.717, 1.165) is 0 Å². The van der Waals surface area contributed by atoms with Crippen molar-refractivity contribution < 1.29 is 35.9 Å². The van der Waals surface area contributed by atoms with Crippen LogP contribution in [0.25, 0.3) is 0 Å². The van der Waals surface area contributed by atoms with Gasteiger partial charge in [-0.15, -0.1) is 0 Å². The first kappa shape index (κ1) is 12.9. The van der Waals surface area contributed by atoms with Crippen LogP contribution in [0, 0.1) is 0 Å². The number of hydrogen-bond acceptors (Lipinski definition) is 3. The molecule has 0 heterocycles. The largest absolute Gasteiger partial charge is 0.452 e. The molecule has 0 bridgehead atoms. The van der Waals surface area contributed by atoms with Crippen LogP contribution in [0.15, 0.2) is 0 Å². The predicted molar refractivity (Wildman–Crippen MR) is 30.1 cm³/mol. The molecule has 0 atom stereocenters. The molecule has 0 saturated heterocycles. The van der Waals surface area contributed by atoms with Crippen molar-refractivity contribution in [2.45, 2.75) is 18.4 Å². The van der Waals surface area contributed by atoms with Crippen molar-refractivity contribution in [3.05, 3.63) is 0 Å². The highest BCUT2D eigenvalue weighted by atomic mass is 19.4. The van der Waals surface area contributed by atoms with E-state index >= 15 is 0 Å². The van der Waals surface area contributed by atoms with Gasteiger partial charge in [0.2, 0.25) is 0 Å². The van der Waals surface area contributed by atoms with Gasteiger partial charge in [-0.3, -0.25) is 9.59 Å². The van der Waals surface area contributed by atoms with Crippen molar-refractivity contribution in [1.29, 1.82) is 0 Å². The fourth-order valence-corrected chi connectivity index (χ4v) is 0.472. The second-order valence-electron chi connectivity index (χ2n) is 2.20. The Hall–Kier alpha value is -1.12. The van der Waals surface area contributed by atoms with E-state index in [2.05, 4.69) is 5.73 Å². The van der Waals surface area contributed by atoms with Crippen molar-refractivity contribution in [3.8, 4) is 0 Å². The van der Waals surface area contributed by atoms with E-state index < -0.39 is 30.0 Å². The molecule has 0 aliphatic heterocycles. The lowest BCUT2D eigenvalue weighted by atomic mass is 10.1. The zero-order chi connectivity index (χ0) is 11.7. The van der Waals surface area contributed by atoms with E-state index in [0.29, 0.717) is 0 Å². The Balaban J connectivity index is 4.74. The lowest BCUT2D eigenvalue weighted by Crippen LogP contribution is -2.50. The van der Waals surface area contributed by atoms with Crippen LogP contribution >= 0.6 is 0 Å². The third-order valence-corrected chi connectivity index (χ3v) is 1.12. The summed E-state index contributed by atoms with van der Waals surface area (Å²) in [6.45, 7) is 0. The zero-order valence-corrected chi connectivity index (χ0v) is 6.24. The number of hydrogen-bond donors (Lipinski definition) is 1. The van der Waals surface area contributed by atoms with Crippen LogP contribution in [0.2, 0.25) is 0 Å². The summed E-state index contributed by atoms with van der Waals surface area (Å²) in [6.07, 6.45) is -11.1. The number of carbonyl (C=O) groups excluding carboxylic acids is 2. The standard InChI is InChI=1S/C5H3F6NO2/c6-4(7,8)2(13)1(12)3(14)5(9,10)11/h1H,12H2. The first-order chi connectivity index (χ1) is 5.98. The van der Waals surface area contributed by atoms with Crippen LogP contribution in [-0.4, -0.2) is 30.0 Å². The monoisotopic (exact) mass is 223 g/mol. The highest BCUT2D eigenvalue weighted by molar-refractivity contribution is 6.10. The van der Waals surface area contributed by atoms with E-state index in [1.54, 1.807) is 0 Å². The Kier molecular flexibility index (Phi) is 3.27. The maximum Gasteiger partial charge on any atom is 0.452 e. The molecule has 0 aromatic carbocycles. The molecule has 3 nitrogen and oxygen atoms in total. The van der Waals surface area contributed by atoms with E-state index in [9.17, 15) is 35.9 Å². The molecule has 0 fully saturated rings. The lowest BCUT2D eigenvalue weighted by molar-refractivity contribution is -0.184. The zero-order valence-electron chi connectivity index (χ0n) is 6.24. The second kappa shape index (κ2) is 3.56. The minimum absolute atomic E-state index is 2.92. The van der Waals surface area contributed by atoms with Gasteiger partial charge in [0.1, 0.15) is 6.04 Å². The van der Waals surface area contributed by atoms with Crippen LogP contribution < -0.4 is 5.73 Å². The van der Waals surface area contributed by atoms with Crippen molar-refractivity contribution in [2.75, 3.05) is 0 Å². The van der Waals surface area contributed by atoms with Gasteiger partial charge in [-0.25, -0.2) is 0 Å². The van der Waals surface area contributed by atoms with Gasteiger partial charge in [0.05, 0.1) is 0 Å². The van der Waals surface area contributed by atoms with Gasteiger partial charge in [0.25, 0.3) is 11.6 Å². The highest BCUT2D eigenvalue weighted by Gasteiger charge is 2.51. The summed E-state index contributed by atoms with van der Waals surface area (Å²) in [5.74, 6) is -5.83. The van der Waals surface area contributed by atoms with Gasteiger partial charge in [-0.1, -0.05) is 0 Å². The van der Waals surface area contributed by atoms with Gasteiger partial charge in [-0.2, -0.15) is 26.3 Å². The molecule has 0 radical (unpaired) electrons. The molecule has 0 aromatic heterocycles. The SMILES string of the molecule is NC(C(=O)C(F)(F)F)C(=O)C(F)(F)F. The molecule has 0 rings (SSSR count). The first-order valence-corrected chi connectivity index (χ1v) is 2.95. The maximum absolute atomic E-state index is 11.5. The molecule has 82 valence electrons. The minimum atomic E-state index is -5.56. The third kappa shape index (κ3) is 2.98. The normalized spacial score (nSPS) is 13.1. The number of ketones is 2. The molecule has 0 saturated carbocycles. The summed E-state index contributed by atoms with van der Waals surface area (Å²) >= 11 is 0. The fraction of sp³-hybridized carbons (Fsp3) is 0.600. The Morgan fingerprint density at radius 3 is 1.21 bits per heavy atom. The summed E-state index contributed by atoms with van der Waals surface area (Å²) < 4.78 is 69.0. The van der Waals surface area contributed by atoms with Gasteiger partial charge in [-0.05, 0) is 0 Å². The summed E-state index contributed by atoms with van der Waals surface area (Å²) in [4.78, 5) is 20.2. The number of nitrogens with two attached hydrogens (primary N) is 1. The van der Waals surface area contributed by atoms with E-state index in [1.165, 1.54) is 0 Å². The smallest absolute Gasteiger partial charge is 0.315 e. The van der Waals surface area contributed by atoms with Crippen molar-refractivity contribution in [2.24, 2.45) is 5.73 Å². The first-order valence-electron chi connectivity index (χ1n) is 2.95. The van der Waals surface area contributed by atoms with Crippen LogP contribution in [0.4, 0.5) is 26.3 Å². The molecular weight excluding hydrogens is 220 g/mol. The van der Waals surface area contributed by atoms with Gasteiger partial charge in [0.15, 0.2) is 0 Å². The molecule has 0 unspecified atom stereocenters. The van der Waals surface area contributed by atoms with Gasteiger partial charge in [0, 0.05) is 0 Å². The average molecular weight is 223 g/mol. The topological polar surface area (TPSA) is 60.2 Å². The van der Waals surface area contributed by atoms with Gasteiger partial charge < -0.3 is 5.73 Å². The fourth-order valence-electron chi connectivity index (χ4n) is 0.472. The van der Waals surface area contributed by atoms with E-state index in [4.69, 9.17) is 0 Å². The Bertz CT molecular complexity index is 228. The summed E-state index contributed by atoms with van der Waals surface area (Å²) in [7, 11) is 0. The summed E-state index contributed by atoms with van der Waals surface area (Å²) in [5.41, 5.74) is 4.19. The van der Waals surface area contributed by atoms with E-state index in [1.807, 2.05) is 0 Å². The average Bonchev–Trinajstić information content (AvgIpc) is 1.97. The lowest BCUT2D eigenvalue weighted by Gasteiger charge is -2.13. The van der Waals surface area contributed by atoms with Crippen LogP contribution in [0.1, 0.15) is 0 Å². The number of rotatable bonds is 2. The van der Waals surface area contributed by atoms with Gasteiger partial charge >= 0.3 is 12.4 Å². The number of Topliss-reactive ketones (excluding diaryl/α,β-unsaturated/α-hetero) is 2. The third-order valence-electron chi connectivity index (χ3n) is 1.12. The molecule has 0 spiro atoms. The second-order valence-corrected chi connectivity index (χ2v) is 2.20. The molecule has 0 aliphatic carbocycles. The molecule has 0 amide bonds. The summed E-state index contributed by atoms with van der Waals surface area (Å²) in [5, 5.41) is 0. The minimum Gasteiger partial charge on any atom is -0.315 e. The Morgan fingerprint density at radius 2 is 1.07 bits per heavy atom. The molecule has 9 heteroatoms. The maximum atomic E-state index is 11.5. The highest BCUT2D eigenvalue weighted by Crippen LogP contribution is 2.22. The van der Waals surface area contributed by atoms with Crippen molar-refractivity contribution in [1.82, 2.24) is 0 Å². The van der Waals surface area contributed by atoms with E-state index in [-0.39, 0.29) is 0 Å². The van der Waals surface area contributed by atoms with Crippen LogP contribution in [0.3, 0.4) is 0 Å². The Morgan fingerprint density at radius 1 is 0.857 bits per heavy atom. The quantitative estimate of drug-likeness (QED) is 0.550. The van der Waals surface area contributed by atoms with Crippen molar-refractivity contribution >= 4 is 11.6 Å². The number of halogens is 6. The Labute approximate surface area is 72.9 Å². The molecule has 0 aromatic rings. The molecule has 0 aliphatic rings. The molecular formula is C5H3F6NO2.